The van der Waals surface area contributed by atoms with E-state index in [0.29, 0.717) is 5.56 Å². The smallest absolute Gasteiger partial charge is 0.159 e. The maximum atomic E-state index is 13.4. The first-order valence-corrected chi connectivity index (χ1v) is 7.93. The minimum absolute atomic E-state index is 0.669. The Morgan fingerprint density at radius 1 is 0.667 bits per heavy atom. The molecule has 0 radical (unpaired) electrons. The van der Waals surface area contributed by atoms with E-state index in [1.165, 1.54) is 11.6 Å². The molecule has 0 aliphatic rings. The Morgan fingerprint density at radius 3 is 1.71 bits per heavy atom. The third kappa shape index (κ3) is 3.60. The number of benzene rings is 3. The molecule has 0 N–H and O–H groups in total. The normalized spacial score (nSPS) is 11.1. The summed E-state index contributed by atoms with van der Waals surface area (Å²) < 4.78 is 26.4. The molecule has 0 amide bonds. The summed E-state index contributed by atoms with van der Waals surface area (Å²) in [6.45, 7) is 2.02. The van der Waals surface area contributed by atoms with Gasteiger partial charge < -0.3 is 0 Å². The van der Waals surface area contributed by atoms with Gasteiger partial charge in [0, 0.05) is 0 Å². The van der Waals surface area contributed by atoms with Crippen molar-refractivity contribution in [3.63, 3.8) is 0 Å². The van der Waals surface area contributed by atoms with Crippen molar-refractivity contribution in [1.29, 1.82) is 0 Å². The molecule has 0 fully saturated rings. The fourth-order valence-electron chi connectivity index (χ4n) is 2.62. The summed E-state index contributed by atoms with van der Waals surface area (Å²) in [6, 6.07) is 20.3. The predicted octanol–water partition coefficient (Wildman–Crippen LogP) is 6.42. The average molecular weight is 320 g/mol. The van der Waals surface area contributed by atoms with E-state index in [1.807, 2.05) is 37.3 Å². The topological polar surface area (TPSA) is 0 Å². The first-order valence-electron chi connectivity index (χ1n) is 7.93. The number of allylic oxidation sites excluding steroid dienone is 2. The highest BCUT2D eigenvalue weighted by atomic mass is 19.2. The van der Waals surface area contributed by atoms with E-state index >= 15 is 0 Å². The molecule has 0 nitrogen and oxygen atoms in total. The zero-order valence-corrected chi connectivity index (χ0v) is 13.5. The molecule has 120 valence electrons. The van der Waals surface area contributed by atoms with Gasteiger partial charge in [-0.3, -0.25) is 0 Å². The summed E-state index contributed by atoms with van der Waals surface area (Å²) in [7, 11) is 0. The SMILES string of the molecule is C/C=C\Cc1ccc(-c2ccc(-c3ccc(F)c(F)c3)cc2)cc1. The lowest BCUT2D eigenvalue weighted by Gasteiger charge is -2.06. The summed E-state index contributed by atoms with van der Waals surface area (Å²) in [5, 5.41) is 0. The van der Waals surface area contributed by atoms with E-state index in [0.717, 1.165) is 29.2 Å². The molecule has 3 aromatic carbocycles. The molecule has 0 spiro atoms. The summed E-state index contributed by atoms with van der Waals surface area (Å²) in [5.74, 6) is -1.65. The quantitative estimate of drug-likeness (QED) is 0.487. The van der Waals surface area contributed by atoms with Crippen molar-refractivity contribution in [1.82, 2.24) is 0 Å². The lowest BCUT2D eigenvalue weighted by molar-refractivity contribution is 0.509. The van der Waals surface area contributed by atoms with Gasteiger partial charge in [0.2, 0.25) is 0 Å². The Labute approximate surface area is 141 Å². The van der Waals surface area contributed by atoms with Crippen LogP contribution in [0.2, 0.25) is 0 Å². The standard InChI is InChI=1S/C22H18F2/c1-2-3-4-16-5-7-17(8-6-16)18-9-11-19(12-10-18)20-13-14-21(23)22(24)15-20/h2-3,5-15H,4H2,1H3/b3-2-. The Morgan fingerprint density at radius 2 is 1.17 bits per heavy atom. The van der Waals surface area contributed by atoms with Crippen LogP contribution in [0.1, 0.15) is 12.5 Å². The molecule has 0 saturated carbocycles. The fraction of sp³-hybridized carbons (Fsp3) is 0.0909. The number of rotatable bonds is 4. The van der Waals surface area contributed by atoms with E-state index in [2.05, 4.69) is 30.3 Å². The summed E-state index contributed by atoms with van der Waals surface area (Å²) in [4.78, 5) is 0. The lowest BCUT2D eigenvalue weighted by atomic mass is 9.99. The van der Waals surface area contributed by atoms with Gasteiger partial charge in [-0.15, -0.1) is 0 Å². The molecular weight excluding hydrogens is 302 g/mol. The Kier molecular flexibility index (Phi) is 4.85. The molecular formula is C22H18F2. The molecule has 0 aromatic heterocycles. The predicted molar refractivity (Wildman–Crippen MR) is 95.7 cm³/mol. The van der Waals surface area contributed by atoms with Crippen LogP contribution in [-0.4, -0.2) is 0 Å². The number of hydrogen-bond donors (Lipinski definition) is 0. The largest absolute Gasteiger partial charge is 0.204 e. The van der Waals surface area contributed by atoms with Crippen LogP contribution in [0.5, 0.6) is 0 Å². The summed E-state index contributed by atoms with van der Waals surface area (Å²) in [5.41, 5.74) is 5.04. The van der Waals surface area contributed by atoms with Crippen LogP contribution in [0.3, 0.4) is 0 Å². The Bertz CT molecular complexity index is 844. The molecule has 2 heteroatoms. The molecule has 0 aliphatic heterocycles. The highest BCUT2D eigenvalue weighted by molar-refractivity contribution is 5.70. The van der Waals surface area contributed by atoms with Crippen LogP contribution >= 0.6 is 0 Å². The minimum Gasteiger partial charge on any atom is -0.204 e. The second-order valence-electron chi connectivity index (χ2n) is 5.68. The molecule has 0 saturated heterocycles. The van der Waals surface area contributed by atoms with Crippen LogP contribution in [-0.2, 0) is 6.42 Å². The third-order valence-electron chi connectivity index (χ3n) is 4.01. The second kappa shape index (κ2) is 7.22. The summed E-state index contributed by atoms with van der Waals surface area (Å²) in [6.07, 6.45) is 5.11. The van der Waals surface area contributed by atoms with E-state index in [1.54, 1.807) is 6.07 Å². The van der Waals surface area contributed by atoms with E-state index in [-0.39, 0.29) is 0 Å². The molecule has 0 bridgehead atoms. The first-order chi connectivity index (χ1) is 11.7. The van der Waals surface area contributed by atoms with E-state index < -0.39 is 11.6 Å². The second-order valence-corrected chi connectivity index (χ2v) is 5.68. The minimum atomic E-state index is -0.826. The number of halogens is 2. The van der Waals surface area contributed by atoms with Crippen LogP contribution < -0.4 is 0 Å². The van der Waals surface area contributed by atoms with E-state index in [9.17, 15) is 8.78 Å². The van der Waals surface area contributed by atoms with Gasteiger partial charge >= 0.3 is 0 Å². The van der Waals surface area contributed by atoms with Crippen molar-refractivity contribution in [2.24, 2.45) is 0 Å². The Balaban J connectivity index is 1.82. The van der Waals surface area contributed by atoms with Gasteiger partial charge in [-0.25, -0.2) is 8.78 Å². The van der Waals surface area contributed by atoms with Crippen LogP contribution in [0, 0.1) is 11.6 Å². The highest BCUT2D eigenvalue weighted by Crippen LogP contribution is 2.26. The van der Waals surface area contributed by atoms with Gasteiger partial charge in [0.05, 0.1) is 0 Å². The Hall–Kier alpha value is -2.74. The molecule has 0 atom stereocenters. The average Bonchev–Trinajstić information content (AvgIpc) is 2.63. The van der Waals surface area contributed by atoms with E-state index in [4.69, 9.17) is 0 Å². The maximum Gasteiger partial charge on any atom is 0.159 e. The molecule has 24 heavy (non-hydrogen) atoms. The maximum absolute atomic E-state index is 13.4. The van der Waals surface area contributed by atoms with Crippen molar-refractivity contribution in [2.75, 3.05) is 0 Å². The zero-order chi connectivity index (χ0) is 16.9. The van der Waals surface area contributed by atoms with Crippen molar-refractivity contribution in [3.8, 4) is 22.3 Å². The van der Waals surface area contributed by atoms with Crippen molar-refractivity contribution in [3.05, 3.63) is 96.1 Å². The van der Waals surface area contributed by atoms with Crippen LogP contribution in [0.4, 0.5) is 8.78 Å². The van der Waals surface area contributed by atoms with Crippen LogP contribution in [0.25, 0.3) is 22.3 Å². The fourth-order valence-corrected chi connectivity index (χ4v) is 2.62. The molecule has 0 unspecified atom stereocenters. The monoisotopic (exact) mass is 320 g/mol. The van der Waals surface area contributed by atoms with Gasteiger partial charge in [-0.1, -0.05) is 66.7 Å². The molecule has 0 heterocycles. The molecule has 0 aliphatic carbocycles. The van der Waals surface area contributed by atoms with Crippen molar-refractivity contribution >= 4 is 0 Å². The zero-order valence-electron chi connectivity index (χ0n) is 13.5. The first kappa shape index (κ1) is 16.1. The number of hydrogen-bond acceptors (Lipinski definition) is 0. The van der Waals surface area contributed by atoms with Crippen LogP contribution in [0.15, 0.2) is 78.9 Å². The van der Waals surface area contributed by atoms with Gasteiger partial charge in [-0.2, -0.15) is 0 Å². The lowest BCUT2D eigenvalue weighted by Crippen LogP contribution is -1.86. The van der Waals surface area contributed by atoms with Gasteiger partial charge in [0.15, 0.2) is 11.6 Å². The van der Waals surface area contributed by atoms with Crippen molar-refractivity contribution < 1.29 is 8.78 Å². The molecule has 3 rings (SSSR count). The van der Waals surface area contributed by atoms with Gasteiger partial charge in [-0.05, 0) is 53.3 Å². The van der Waals surface area contributed by atoms with Crippen molar-refractivity contribution in [2.45, 2.75) is 13.3 Å². The highest BCUT2D eigenvalue weighted by Gasteiger charge is 2.05. The third-order valence-corrected chi connectivity index (χ3v) is 4.01. The molecule has 3 aromatic rings. The van der Waals surface area contributed by atoms with Gasteiger partial charge in [0.1, 0.15) is 0 Å². The van der Waals surface area contributed by atoms with Gasteiger partial charge in [0.25, 0.3) is 0 Å². The summed E-state index contributed by atoms with van der Waals surface area (Å²) >= 11 is 0.